The Kier molecular flexibility index (Phi) is 5.83. The van der Waals surface area contributed by atoms with Crippen molar-refractivity contribution in [3.05, 3.63) is 0 Å². The van der Waals surface area contributed by atoms with E-state index in [0.717, 1.165) is 0 Å². The Balaban J connectivity index is 1.85. The Hall–Kier alpha value is -1.91. The SMILES string of the molecule is C#CCCCON=C1C[C@@H](O)[C@@H](O)[C@@H]2[C@@H]3C(=O)N(C(C)(C)C)C(=O)[C@@H]3CC[C@@H]12. The molecule has 3 fully saturated rings. The zero-order chi connectivity index (χ0) is 20.6. The zero-order valence-electron chi connectivity index (χ0n) is 16.8. The molecule has 3 aliphatic rings. The molecule has 2 saturated carbocycles. The van der Waals surface area contributed by atoms with Gasteiger partial charge < -0.3 is 15.1 Å². The second-order valence-electron chi connectivity index (χ2n) is 9.06. The minimum absolute atomic E-state index is 0.169. The molecule has 2 amide bonds. The first-order chi connectivity index (χ1) is 13.2. The molecule has 0 aromatic rings. The fourth-order valence-electron chi connectivity index (χ4n) is 5.00. The summed E-state index contributed by atoms with van der Waals surface area (Å²) in [6.45, 7) is 5.88. The van der Waals surface area contributed by atoms with Crippen LogP contribution in [0.25, 0.3) is 0 Å². The molecule has 154 valence electrons. The Morgan fingerprint density at radius 1 is 1.21 bits per heavy atom. The number of likely N-dealkylation sites (tertiary alicyclic amines) is 1. The number of hydrogen-bond donors (Lipinski definition) is 2. The normalized spacial score (nSPS) is 36.9. The molecule has 2 aliphatic carbocycles. The first-order valence-electron chi connectivity index (χ1n) is 10.0. The number of imide groups is 1. The summed E-state index contributed by atoms with van der Waals surface area (Å²) in [7, 11) is 0. The smallest absolute Gasteiger partial charge is 0.233 e. The lowest BCUT2D eigenvalue weighted by atomic mass is 9.60. The lowest BCUT2D eigenvalue weighted by Crippen LogP contribution is -2.55. The van der Waals surface area contributed by atoms with Crippen molar-refractivity contribution in [2.24, 2.45) is 28.8 Å². The lowest BCUT2D eigenvalue weighted by Gasteiger charge is -2.45. The number of carbonyl (C=O) groups is 2. The van der Waals surface area contributed by atoms with Crippen molar-refractivity contribution in [3.63, 3.8) is 0 Å². The van der Waals surface area contributed by atoms with Crippen molar-refractivity contribution < 1.29 is 24.6 Å². The van der Waals surface area contributed by atoms with Crippen molar-refractivity contribution in [1.29, 1.82) is 0 Å². The van der Waals surface area contributed by atoms with Gasteiger partial charge in [-0.3, -0.25) is 14.5 Å². The van der Waals surface area contributed by atoms with Gasteiger partial charge in [0.05, 0.1) is 29.8 Å². The minimum atomic E-state index is -1.06. The third-order valence-corrected chi connectivity index (χ3v) is 6.19. The van der Waals surface area contributed by atoms with E-state index in [1.165, 1.54) is 4.90 Å². The van der Waals surface area contributed by atoms with Crippen LogP contribution in [0.1, 0.15) is 52.9 Å². The molecule has 0 unspecified atom stereocenters. The van der Waals surface area contributed by atoms with E-state index in [1.54, 1.807) is 0 Å². The van der Waals surface area contributed by atoms with Gasteiger partial charge in [0, 0.05) is 30.2 Å². The molecule has 0 spiro atoms. The Labute approximate surface area is 166 Å². The van der Waals surface area contributed by atoms with Crippen LogP contribution in [0.5, 0.6) is 0 Å². The maximum atomic E-state index is 13.2. The summed E-state index contributed by atoms with van der Waals surface area (Å²) in [6.07, 6.45) is 5.84. The molecule has 2 N–H and O–H groups in total. The van der Waals surface area contributed by atoms with Crippen LogP contribution in [0.4, 0.5) is 0 Å². The van der Waals surface area contributed by atoms with Crippen LogP contribution in [0.3, 0.4) is 0 Å². The van der Waals surface area contributed by atoms with Gasteiger partial charge in [-0.25, -0.2) is 0 Å². The van der Waals surface area contributed by atoms with E-state index in [2.05, 4.69) is 11.1 Å². The van der Waals surface area contributed by atoms with E-state index in [9.17, 15) is 19.8 Å². The number of hydrogen-bond acceptors (Lipinski definition) is 6. The van der Waals surface area contributed by atoms with Crippen LogP contribution in [0.2, 0.25) is 0 Å². The second kappa shape index (κ2) is 7.84. The largest absolute Gasteiger partial charge is 0.396 e. The molecule has 0 aromatic carbocycles. The molecular weight excluding hydrogens is 360 g/mol. The Morgan fingerprint density at radius 2 is 1.89 bits per heavy atom. The zero-order valence-corrected chi connectivity index (χ0v) is 16.8. The number of carbonyl (C=O) groups excluding carboxylic acids is 2. The molecule has 7 nitrogen and oxygen atoms in total. The van der Waals surface area contributed by atoms with Crippen LogP contribution in [-0.4, -0.2) is 57.0 Å². The highest BCUT2D eigenvalue weighted by Crippen LogP contribution is 2.50. The van der Waals surface area contributed by atoms with E-state index in [4.69, 9.17) is 11.3 Å². The number of aliphatic hydroxyl groups excluding tert-OH is 2. The van der Waals surface area contributed by atoms with Crippen LogP contribution in [-0.2, 0) is 14.4 Å². The van der Waals surface area contributed by atoms with Gasteiger partial charge in [-0.05, 0) is 40.0 Å². The maximum absolute atomic E-state index is 13.2. The minimum Gasteiger partial charge on any atom is -0.396 e. The van der Waals surface area contributed by atoms with E-state index in [-0.39, 0.29) is 24.2 Å². The first-order valence-corrected chi connectivity index (χ1v) is 10.0. The van der Waals surface area contributed by atoms with E-state index < -0.39 is 35.5 Å². The van der Waals surface area contributed by atoms with Gasteiger partial charge in [-0.1, -0.05) is 5.16 Å². The van der Waals surface area contributed by atoms with Gasteiger partial charge in [0.2, 0.25) is 11.8 Å². The molecule has 3 rings (SSSR count). The third kappa shape index (κ3) is 3.56. The highest BCUT2D eigenvalue weighted by molar-refractivity contribution is 6.06. The van der Waals surface area contributed by atoms with Gasteiger partial charge in [0.1, 0.15) is 6.61 Å². The van der Waals surface area contributed by atoms with Crippen LogP contribution >= 0.6 is 0 Å². The molecule has 1 aliphatic heterocycles. The summed E-state index contributed by atoms with van der Waals surface area (Å²) in [5.41, 5.74) is 0.0486. The summed E-state index contributed by atoms with van der Waals surface area (Å²) in [5, 5.41) is 25.3. The fraction of sp³-hybridized carbons (Fsp3) is 0.762. The van der Waals surface area contributed by atoms with Crippen molar-refractivity contribution in [1.82, 2.24) is 4.90 Å². The summed E-state index contributed by atoms with van der Waals surface area (Å²) >= 11 is 0. The molecule has 0 radical (unpaired) electrons. The number of oxime groups is 1. The fourth-order valence-corrected chi connectivity index (χ4v) is 5.00. The van der Waals surface area contributed by atoms with Gasteiger partial charge in [0.25, 0.3) is 0 Å². The average molecular weight is 390 g/mol. The summed E-state index contributed by atoms with van der Waals surface area (Å²) in [4.78, 5) is 32.8. The lowest BCUT2D eigenvalue weighted by molar-refractivity contribution is -0.146. The number of amides is 2. The quantitative estimate of drug-likeness (QED) is 0.326. The van der Waals surface area contributed by atoms with Gasteiger partial charge in [0.15, 0.2) is 0 Å². The van der Waals surface area contributed by atoms with E-state index in [0.29, 0.717) is 38.0 Å². The number of terminal acetylenes is 1. The molecule has 0 aromatic heterocycles. The monoisotopic (exact) mass is 390 g/mol. The standard InChI is InChI=1S/C21H30N2O5/c1-5-6-7-10-28-22-14-11-15(24)18(25)16-12(14)8-9-13-17(16)20(27)23(19(13)26)21(2,3)4/h1,12-13,15-18,24-25H,6-11H2,2-4H3/t12-,13+,15+,16-,17+,18+/m0/s1. The number of aliphatic hydroxyl groups is 2. The maximum Gasteiger partial charge on any atom is 0.233 e. The Bertz CT molecular complexity index is 705. The topological polar surface area (TPSA) is 99.4 Å². The van der Waals surface area contributed by atoms with E-state index >= 15 is 0 Å². The Morgan fingerprint density at radius 3 is 2.54 bits per heavy atom. The number of nitrogens with zero attached hydrogens (tertiary/aromatic N) is 2. The van der Waals surface area contributed by atoms with Crippen LogP contribution < -0.4 is 0 Å². The van der Waals surface area contributed by atoms with Gasteiger partial charge in [-0.15, -0.1) is 12.3 Å². The summed E-state index contributed by atoms with van der Waals surface area (Å²) in [6, 6.07) is 0. The predicted molar refractivity (Wildman–Crippen MR) is 103 cm³/mol. The van der Waals surface area contributed by atoms with Crippen LogP contribution in [0.15, 0.2) is 5.16 Å². The van der Waals surface area contributed by atoms with Gasteiger partial charge >= 0.3 is 0 Å². The first kappa shape index (κ1) is 20.8. The second-order valence-corrected chi connectivity index (χ2v) is 9.06. The highest BCUT2D eigenvalue weighted by Gasteiger charge is 2.61. The molecule has 1 heterocycles. The molecule has 7 heteroatoms. The summed E-state index contributed by atoms with van der Waals surface area (Å²) in [5.74, 6) is 0.352. The van der Waals surface area contributed by atoms with Gasteiger partial charge in [-0.2, -0.15) is 0 Å². The number of rotatable bonds is 4. The number of fused-ring (bicyclic) bond motifs is 3. The predicted octanol–water partition coefficient (Wildman–Crippen LogP) is 1.32. The van der Waals surface area contributed by atoms with Crippen molar-refractivity contribution >= 4 is 17.5 Å². The van der Waals surface area contributed by atoms with E-state index in [1.807, 2.05) is 20.8 Å². The van der Waals surface area contributed by atoms with Crippen molar-refractivity contribution in [2.75, 3.05) is 6.61 Å². The third-order valence-electron chi connectivity index (χ3n) is 6.19. The molecule has 1 saturated heterocycles. The highest BCUT2D eigenvalue weighted by atomic mass is 16.6. The average Bonchev–Trinajstić information content (AvgIpc) is 2.89. The van der Waals surface area contributed by atoms with Crippen LogP contribution in [0, 0.1) is 36.0 Å². The molecule has 28 heavy (non-hydrogen) atoms. The molecule has 0 bridgehead atoms. The molecule has 6 atom stereocenters. The summed E-state index contributed by atoms with van der Waals surface area (Å²) < 4.78 is 0. The number of unbranched alkanes of at least 4 members (excludes halogenated alkanes) is 1. The van der Waals surface area contributed by atoms with Crippen molar-refractivity contribution in [2.45, 2.75) is 70.6 Å². The van der Waals surface area contributed by atoms with Crippen molar-refractivity contribution in [3.8, 4) is 12.3 Å². The molecular formula is C21H30N2O5.